The van der Waals surface area contributed by atoms with Gasteiger partial charge in [-0.3, -0.25) is 4.79 Å². The SMILES string of the molecule is CCc1ccc([C@@H]2[C@@H](S(=O)(=O)c3ccccc3)[C@@]2(C#N)C(=O)O)cc1. The largest absolute Gasteiger partial charge is 0.480 e. The van der Waals surface area contributed by atoms with Gasteiger partial charge in [0.15, 0.2) is 15.3 Å². The van der Waals surface area contributed by atoms with E-state index in [0.717, 1.165) is 12.0 Å². The highest BCUT2D eigenvalue weighted by Gasteiger charge is 2.77. The molecule has 0 bridgehead atoms. The summed E-state index contributed by atoms with van der Waals surface area (Å²) in [6.45, 7) is 1.99. The Labute approximate surface area is 146 Å². The molecule has 0 spiro atoms. The van der Waals surface area contributed by atoms with Crippen LogP contribution >= 0.6 is 0 Å². The van der Waals surface area contributed by atoms with Crippen LogP contribution in [-0.4, -0.2) is 24.7 Å². The molecule has 0 aliphatic heterocycles. The van der Waals surface area contributed by atoms with Crippen LogP contribution in [0.4, 0.5) is 0 Å². The number of aliphatic carboxylic acids is 1. The molecule has 0 heterocycles. The van der Waals surface area contributed by atoms with E-state index in [4.69, 9.17) is 0 Å². The van der Waals surface area contributed by atoms with Crippen molar-refractivity contribution in [3.8, 4) is 6.07 Å². The average Bonchev–Trinajstić information content (AvgIpc) is 3.34. The van der Waals surface area contributed by atoms with Crippen LogP contribution in [0.1, 0.15) is 24.0 Å². The second-order valence-electron chi connectivity index (χ2n) is 6.14. The number of hydrogen-bond donors (Lipinski definition) is 1. The number of carboxylic acid groups (broad SMARTS) is 1. The van der Waals surface area contributed by atoms with Gasteiger partial charge < -0.3 is 5.11 Å². The van der Waals surface area contributed by atoms with Gasteiger partial charge >= 0.3 is 5.97 Å². The van der Waals surface area contributed by atoms with Crippen LogP contribution in [0, 0.1) is 16.7 Å². The van der Waals surface area contributed by atoms with Crippen LogP contribution in [-0.2, 0) is 21.1 Å². The fraction of sp³-hybridized carbons (Fsp3) is 0.263. The van der Waals surface area contributed by atoms with Crippen molar-refractivity contribution in [1.29, 1.82) is 5.26 Å². The summed E-state index contributed by atoms with van der Waals surface area (Å²) in [5.74, 6) is -2.28. The number of rotatable bonds is 5. The molecule has 0 radical (unpaired) electrons. The zero-order valence-corrected chi connectivity index (χ0v) is 14.4. The van der Waals surface area contributed by atoms with Crippen LogP contribution < -0.4 is 0 Å². The normalized spacial score (nSPS) is 25.1. The maximum atomic E-state index is 13.0. The van der Waals surface area contributed by atoms with Crippen LogP contribution in [0.5, 0.6) is 0 Å². The highest BCUT2D eigenvalue weighted by atomic mass is 32.2. The van der Waals surface area contributed by atoms with Gasteiger partial charge in [0.2, 0.25) is 0 Å². The monoisotopic (exact) mass is 355 g/mol. The Kier molecular flexibility index (Phi) is 4.13. The van der Waals surface area contributed by atoms with Gasteiger partial charge in [-0.1, -0.05) is 49.4 Å². The predicted octanol–water partition coefficient (Wildman–Crippen LogP) is 2.78. The van der Waals surface area contributed by atoms with Crippen molar-refractivity contribution in [2.24, 2.45) is 5.41 Å². The Hall–Kier alpha value is -2.65. The van der Waals surface area contributed by atoms with Gasteiger partial charge in [-0.2, -0.15) is 5.26 Å². The number of nitriles is 1. The van der Waals surface area contributed by atoms with E-state index in [0.29, 0.717) is 5.56 Å². The third-order valence-corrected chi connectivity index (χ3v) is 7.07. The van der Waals surface area contributed by atoms with E-state index in [9.17, 15) is 23.6 Å². The highest BCUT2D eigenvalue weighted by molar-refractivity contribution is 7.92. The standard InChI is InChI=1S/C19H17NO4S/c1-2-13-8-10-14(11-9-13)16-17(19(16,12-20)18(21)22)25(23,24)15-6-4-3-5-7-15/h3-11,16-17H,2H2,1H3,(H,21,22)/t16-,17-,19+/m1/s1. The van der Waals surface area contributed by atoms with E-state index in [1.807, 2.05) is 19.1 Å². The lowest BCUT2D eigenvalue weighted by molar-refractivity contribution is -0.141. The average molecular weight is 355 g/mol. The third kappa shape index (κ3) is 2.52. The van der Waals surface area contributed by atoms with E-state index >= 15 is 0 Å². The van der Waals surface area contributed by atoms with Crippen molar-refractivity contribution in [3.05, 3.63) is 65.7 Å². The summed E-state index contributed by atoms with van der Waals surface area (Å²) < 4.78 is 25.9. The van der Waals surface area contributed by atoms with Crippen molar-refractivity contribution in [2.75, 3.05) is 0 Å². The number of aryl methyl sites for hydroxylation is 1. The predicted molar refractivity (Wildman–Crippen MR) is 91.7 cm³/mol. The molecule has 1 aliphatic carbocycles. The molecular weight excluding hydrogens is 338 g/mol. The summed E-state index contributed by atoms with van der Waals surface area (Å²) in [5, 5.41) is 17.9. The molecule has 0 aromatic heterocycles. The van der Waals surface area contributed by atoms with Crippen LogP contribution in [0.2, 0.25) is 0 Å². The minimum atomic E-state index is -3.95. The molecule has 6 heteroatoms. The molecule has 3 rings (SSSR count). The molecule has 0 unspecified atom stereocenters. The second kappa shape index (κ2) is 6.01. The molecule has 2 aromatic carbocycles. The molecule has 3 atom stereocenters. The first-order chi connectivity index (χ1) is 11.9. The summed E-state index contributed by atoms with van der Waals surface area (Å²) >= 11 is 0. The first kappa shape index (κ1) is 17.2. The van der Waals surface area contributed by atoms with Crippen LogP contribution in [0.15, 0.2) is 59.5 Å². The fourth-order valence-corrected chi connectivity index (χ4v) is 5.64. The Morgan fingerprint density at radius 2 is 1.76 bits per heavy atom. The van der Waals surface area contributed by atoms with E-state index < -0.39 is 32.4 Å². The summed E-state index contributed by atoms with van der Waals surface area (Å²) in [6.07, 6.45) is 0.818. The molecule has 128 valence electrons. The van der Waals surface area contributed by atoms with Crippen LogP contribution in [0.25, 0.3) is 0 Å². The number of sulfone groups is 1. The fourth-order valence-electron chi connectivity index (χ4n) is 3.37. The number of carboxylic acids is 1. The lowest BCUT2D eigenvalue weighted by Crippen LogP contribution is -2.22. The van der Waals surface area contributed by atoms with Gasteiger partial charge in [0, 0.05) is 5.92 Å². The topological polar surface area (TPSA) is 95.2 Å². The summed E-state index contributed by atoms with van der Waals surface area (Å²) in [4.78, 5) is 11.9. The first-order valence-electron chi connectivity index (χ1n) is 7.92. The van der Waals surface area contributed by atoms with Gasteiger partial charge in [0.25, 0.3) is 0 Å². The maximum Gasteiger partial charge on any atom is 0.326 e. The van der Waals surface area contributed by atoms with E-state index in [1.54, 1.807) is 36.4 Å². The second-order valence-corrected chi connectivity index (χ2v) is 8.21. The summed E-state index contributed by atoms with van der Waals surface area (Å²) in [6, 6.07) is 16.6. The van der Waals surface area contributed by atoms with Gasteiger partial charge in [-0.25, -0.2) is 8.42 Å². The quantitative estimate of drug-likeness (QED) is 0.890. The molecule has 1 aliphatic rings. The van der Waals surface area contributed by atoms with Crippen molar-refractivity contribution in [2.45, 2.75) is 29.4 Å². The van der Waals surface area contributed by atoms with Crippen molar-refractivity contribution in [3.63, 3.8) is 0 Å². The smallest absolute Gasteiger partial charge is 0.326 e. The highest BCUT2D eigenvalue weighted by Crippen LogP contribution is 2.63. The lowest BCUT2D eigenvalue weighted by atomic mass is 9.99. The van der Waals surface area contributed by atoms with E-state index in [1.165, 1.54) is 12.1 Å². The van der Waals surface area contributed by atoms with Crippen LogP contribution in [0.3, 0.4) is 0 Å². The van der Waals surface area contributed by atoms with Crippen molar-refractivity contribution >= 4 is 15.8 Å². The summed E-state index contributed by atoms with van der Waals surface area (Å²) in [5.41, 5.74) is -0.335. The number of nitrogens with zero attached hydrogens (tertiary/aromatic N) is 1. The van der Waals surface area contributed by atoms with Crippen molar-refractivity contribution < 1.29 is 18.3 Å². The Morgan fingerprint density at radius 3 is 2.24 bits per heavy atom. The molecule has 0 amide bonds. The molecule has 2 aromatic rings. The number of hydrogen-bond acceptors (Lipinski definition) is 4. The zero-order valence-electron chi connectivity index (χ0n) is 13.6. The Morgan fingerprint density at radius 1 is 1.16 bits per heavy atom. The Bertz CT molecular complexity index is 945. The Balaban J connectivity index is 2.10. The number of carbonyl (C=O) groups is 1. The molecule has 5 nitrogen and oxygen atoms in total. The molecule has 1 N–H and O–H groups in total. The summed E-state index contributed by atoms with van der Waals surface area (Å²) in [7, 11) is -3.95. The minimum Gasteiger partial charge on any atom is -0.480 e. The van der Waals surface area contributed by atoms with Gasteiger partial charge in [-0.15, -0.1) is 0 Å². The minimum absolute atomic E-state index is 0.0357. The third-order valence-electron chi connectivity index (χ3n) is 4.82. The van der Waals surface area contributed by atoms with Gasteiger partial charge in [-0.05, 0) is 29.7 Å². The zero-order chi connectivity index (χ0) is 18.2. The number of benzene rings is 2. The molecule has 25 heavy (non-hydrogen) atoms. The molecular formula is C19H17NO4S. The van der Waals surface area contributed by atoms with E-state index in [2.05, 4.69) is 0 Å². The maximum absolute atomic E-state index is 13.0. The van der Waals surface area contributed by atoms with Gasteiger partial charge in [0.1, 0.15) is 5.25 Å². The first-order valence-corrected chi connectivity index (χ1v) is 9.46. The van der Waals surface area contributed by atoms with Gasteiger partial charge in [0.05, 0.1) is 11.0 Å². The van der Waals surface area contributed by atoms with E-state index in [-0.39, 0.29) is 4.90 Å². The molecule has 0 saturated heterocycles. The molecule has 1 fully saturated rings. The van der Waals surface area contributed by atoms with Crippen molar-refractivity contribution in [1.82, 2.24) is 0 Å². The molecule has 1 saturated carbocycles. The lowest BCUT2D eigenvalue weighted by Gasteiger charge is -2.04.